The van der Waals surface area contributed by atoms with E-state index < -0.39 is 0 Å². The minimum atomic E-state index is 0.616. The molecule has 2 aliphatic rings. The quantitative estimate of drug-likeness (QED) is 0.845. The fourth-order valence-electron chi connectivity index (χ4n) is 3.97. The van der Waals surface area contributed by atoms with E-state index in [-0.39, 0.29) is 0 Å². The van der Waals surface area contributed by atoms with Gasteiger partial charge >= 0.3 is 0 Å². The molecule has 3 heteroatoms. The molecule has 2 aromatic rings. The van der Waals surface area contributed by atoms with E-state index in [9.17, 15) is 0 Å². The number of piperazine rings is 1. The maximum Gasteiger partial charge on any atom is 0.0409 e. The van der Waals surface area contributed by atoms with Crippen molar-refractivity contribution in [2.24, 2.45) is 0 Å². The van der Waals surface area contributed by atoms with Gasteiger partial charge in [-0.3, -0.25) is 9.80 Å². The Balaban J connectivity index is 1.48. The molecule has 23 heavy (non-hydrogen) atoms. The highest BCUT2D eigenvalue weighted by Crippen LogP contribution is 2.27. The second-order valence-corrected chi connectivity index (χ2v) is 6.85. The van der Waals surface area contributed by atoms with Crippen molar-refractivity contribution < 1.29 is 0 Å². The van der Waals surface area contributed by atoms with E-state index in [4.69, 9.17) is 0 Å². The lowest BCUT2D eigenvalue weighted by molar-refractivity contribution is 0.0705. The number of para-hydroxylation sites is 1. The van der Waals surface area contributed by atoms with Crippen LogP contribution in [0.5, 0.6) is 0 Å². The largest absolute Gasteiger partial charge is 0.373 e. The Morgan fingerprint density at radius 2 is 1.70 bits per heavy atom. The summed E-state index contributed by atoms with van der Waals surface area (Å²) in [7, 11) is 2.23. The number of benzene rings is 2. The molecule has 1 unspecified atom stereocenters. The summed E-state index contributed by atoms with van der Waals surface area (Å²) in [6, 6.07) is 20.3. The third-order valence-electron chi connectivity index (χ3n) is 5.20. The molecule has 1 atom stereocenters. The molecule has 120 valence electrons. The van der Waals surface area contributed by atoms with Crippen molar-refractivity contribution in [3.63, 3.8) is 0 Å². The smallest absolute Gasteiger partial charge is 0.0409 e. The van der Waals surface area contributed by atoms with E-state index in [1.54, 1.807) is 0 Å². The molecule has 0 aromatic heterocycles. The van der Waals surface area contributed by atoms with Crippen LogP contribution in [0.2, 0.25) is 0 Å². The second kappa shape index (κ2) is 6.34. The molecule has 0 amide bonds. The van der Waals surface area contributed by atoms with Gasteiger partial charge in [0.2, 0.25) is 0 Å². The Hall–Kier alpha value is -1.84. The van der Waals surface area contributed by atoms with E-state index in [0.29, 0.717) is 6.04 Å². The van der Waals surface area contributed by atoms with Crippen LogP contribution in [0, 0.1) is 0 Å². The number of nitrogens with zero attached hydrogens (tertiary/aromatic N) is 3. The molecule has 4 rings (SSSR count). The van der Waals surface area contributed by atoms with Crippen molar-refractivity contribution in [3.8, 4) is 0 Å². The predicted molar refractivity (Wildman–Crippen MR) is 95.6 cm³/mol. The maximum atomic E-state index is 2.67. The topological polar surface area (TPSA) is 9.72 Å². The zero-order valence-corrected chi connectivity index (χ0v) is 13.9. The first-order valence-corrected chi connectivity index (χ1v) is 8.59. The van der Waals surface area contributed by atoms with E-state index in [1.807, 2.05) is 0 Å². The number of likely N-dealkylation sites (N-methyl/N-ethyl adjacent to an activating group) is 1. The van der Waals surface area contributed by atoms with E-state index in [2.05, 4.69) is 76.3 Å². The van der Waals surface area contributed by atoms with Crippen LogP contribution in [-0.2, 0) is 13.1 Å². The average Bonchev–Trinajstić information content (AvgIpc) is 2.72. The van der Waals surface area contributed by atoms with Gasteiger partial charge in [0.05, 0.1) is 0 Å². The summed E-state index contributed by atoms with van der Waals surface area (Å²) in [5.74, 6) is 0. The molecule has 0 radical (unpaired) electrons. The van der Waals surface area contributed by atoms with Gasteiger partial charge in [-0.1, -0.05) is 48.5 Å². The van der Waals surface area contributed by atoms with E-state index >= 15 is 0 Å². The summed E-state index contributed by atoms with van der Waals surface area (Å²) in [6.45, 7) is 6.76. The van der Waals surface area contributed by atoms with Crippen molar-refractivity contribution in [3.05, 3.63) is 65.7 Å². The molecular weight excluding hydrogens is 282 g/mol. The Kier molecular flexibility index (Phi) is 4.06. The van der Waals surface area contributed by atoms with Crippen LogP contribution in [0.4, 0.5) is 5.69 Å². The van der Waals surface area contributed by atoms with Crippen molar-refractivity contribution >= 4 is 5.69 Å². The molecule has 0 aliphatic carbocycles. The molecule has 0 spiro atoms. The summed E-state index contributed by atoms with van der Waals surface area (Å²) in [5, 5.41) is 0. The Morgan fingerprint density at radius 1 is 0.913 bits per heavy atom. The third-order valence-corrected chi connectivity index (χ3v) is 5.20. The van der Waals surface area contributed by atoms with Gasteiger partial charge in [-0.05, 0) is 17.2 Å². The lowest BCUT2D eigenvalue weighted by Gasteiger charge is -2.41. The van der Waals surface area contributed by atoms with Gasteiger partial charge < -0.3 is 4.90 Å². The molecule has 0 bridgehead atoms. The number of hydrogen-bond donors (Lipinski definition) is 0. The molecule has 3 nitrogen and oxygen atoms in total. The molecule has 2 aliphatic heterocycles. The minimum absolute atomic E-state index is 0.616. The van der Waals surface area contributed by atoms with E-state index in [0.717, 1.165) is 32.7 Å². The lowest BCUT2D eigenvalue weighted by atomic mass is 10.1. The van der Waals surface area contributed by atoms with Gasteiger partial charge in [0.15, 0.2) is 0 Å². The first-order chi connectivity index (χ1) is 11.3. The van der Waals surface area contributed by atoms with E-state index in [1.165, 1.54) is 23.4 Å². The number of hydrogen-bond acceptors (Lipinski definition) is 3. The van der Waals surface area contributed by atoms with Gasteiger partial charge in [0.25, 0.3) is 0 Å². The summed E-state index contributed by atoms with van der Waals surface area (Å²) >= 11 is 0. The highest BCUT2D eigenvalue weighted by molar-refractivity contribution is 5.54. The number of anilines is 1. The van der Waals surface area contributed by atoms with Crippen molar-refractivity contribution in [2.45, 2.75) is 19.1 Å². The molecule has 2 aromatic carbocycles. The number of rotatable bonds is 2. The number of fused-ring (bicyclic) bond motifs is 2. The summed E-state index contributed by atoms with van der Waals surface area (Å²) in [5.41, 5.74) is 4.29. The molecule has 1 saturated heterocycles. The predicted octanol–water partition coefficient (Wildman–Crippen LogP) is 2.82. The summed E-state index contributed by atoms with van der Waals surface area (Å²) < 4.78 is 0. The van der Waals surface area contributed by atoms with Gasteiger partial charge in [-0.2, -0.15) is 0 Å². The summed E-state index contributed by atoms with van der Waals surface area (Å²) in [6.07, 6.45) is 0. The van der Waals surface area contributed by atoms with Gasteiger partial charge in [0, 0.05) is 58.0 Å². The Labute approximate surface area is 139 Å². The van der Waals surface area contributed by atoms with Crippen LogP contribution in [-0.4, -0.2) is 49.1 Å². The van der Waals surface area contributed by atoms with Gasteiger partial charge in [-0.25, -0.2) is 0 Å². The molecule has 0 saturated carbocycles. The minimum Gasteiger partial charge on any atom is -0.373 e. The van der Waals surface area contributed by atoms with Crippen LogP contribution in [0.15, 0.2) is 54.6 Å². The van der Waals surface area contributed by atoms with Crippen LogP contribution in [0.1, 0.15) is 11.1 Å². The van der Waals surface area contributed by atoms with Crippen LogP contribution in [0.25, 0.3) is 0 Å². The van der Waals surface area contributed by atoms with Crippen LogP contribution < -0.4 is 4.90 Å². The van der Waals surface area contributed by atoms with Crippen molar-refractivity contribution in [1.29, 1.82) is 0 Å². The first-order valence-electron chi connectivity index (χ1n) is 8.59. The molecule has 1 fully saturated rings. The maximum absolute atomic E-state index is 2.67. The zero-order valence-electron chi connectivity index (χ0n) is 13.9. The SMILES string of the molecule is CN1CC2CN(Cc3ccccc3)CCN2Cc2ccccc21. The van der Waals surface area contributed by atoms with Gasteiger partial charge in [-0.15, -0.1) is 0 Å². The normalized spacial score (nSPS) is 22.3. The molecular formula is C20H25N3. The van der Waals surface area contributed by atoms with Crippen molar-refractivity contribution in [1.82, 2.24) is 9.80 Å². The highest BCUT2D eigenvalue weighted by atomic mass is 15.3. The zero-order chi connectivity index (χ0) is 15.6. The first kappa shape index (κ1) is 14.7. The molecule has 0 N–H and O–H groups in total. The standard InChI is InChI=1S/C20H25N3/c1-21-15-19-16-22(13-17-7-3-2-4-8-17)11-12-23(19)14-18-9-5-6-10-20(18)21/h2-10,19H,11-16H2,1H3. The van der Waals surface area contributed by atoms with Crippen molar-refractivity contribution in [2.75, 3.05) is 38.1 Å². The monoisotopic (exact) mass is 307 g/mol. The van der Waals surface area contributed by atoms with Crippen LogP contribution >= 0.6 is 0 Å². The van der Waals surface area contributed by atoms with Gasteiger partial charge in [0.1, 0.15) is 0 Å². The Morgan fingerprint density at radius 3 is 2.57 bits per heavy atom. The Bertz CT molecular complexity index is 655. The molecule has 2 heterocycles. The third kappa shape index (κ3) is 3.12. The highest BCUT2D eigenvalue weighted by Gasteiger charge is 2.31. The fraction of sp³-hybridized carbons (Fsp3) is 0.400. The van der Waals surface area contributed by atoms with Crippen LogP contribution in [0.3, 0.4) is 0 Å². The second-order valence-electron chi connectivity index (χ2n) is 6.85. The fourth-order valence-corrected chi connectivity index (χ4v) is 3.97. The summed E-state index contributed by atoms with van der Waals surface area (Å²) in [4.78, 5) is 7.72. The average molecular weight is 307 g/mol. The lowest BCUT2D eigenvalue weighted by Crippen LogP contribution is -2.54.